The standard InChI is InChI=1S/C10H16ClN3OS/c1-16-8-4-2-3-7(5-8)12-10-14-13-9(6-11)15-10/h7-8H,2-6H2,1H3,(H,12,14). The second kappa shape index (κ2) is 5.77. The fourth-order valence-electron chi connectivity index (χ4n) is 2.03. The topological polar surface area (TPSA) is 51.0 Å². The normalized spacial score (nSPS) is 25.6. The van der Waals surface area contributed by atoms with Crippen molar-refractivity contribution in [2.45, 2.75) is 42.9 Å². The minimum atomic E-state index is 0.271. The molecule has 1 heterocycles. The number of hydrogen-bond donors (Lipinski definition) is 1. The Morgan fingerprint density at radius 1 is 1.50 bits per heavy atom. The molecule has 16 heavy (non-hydrogen) atoms. The van der Waals surface area contributed by atoms with Crippen molar-refractivity contribution in [3.63, 3.8) is 0 Å². The summed E-state index contributed by atoms with van der Waals surface area (Å²) in [6.45, 7) is 0. The molecule has 1 saturated carbocycles. The molecule has 0 spiro atoms. The molecule has 0 saturated heterocycles. The van der Waals surface area contributed by atoms with Gasteiger partial charge in [-0.2, -0.15) is 11.8 Å². The molecule has 0 radical (unpaired) electrons. The van der Waals surface area contributed by atoms with Crippen LogP contribution in [0.3, 0.4) is 0 Å². The molecule has 0 amide bonds. The molecule has 1 aliphatic rings. The first-order valence-corrected chi connectivity index (χ1v) is 7.31. The number of alkyl halides is 1. The van der Waals surface area contributed by atoms with Crippen LogP contribution in [0.25, 0.3) is 0 Å². The first-order chi connectivity index (χ1) is 7.81. The number of nitrogens with one attached hydrogen (secondary N) is 1. The number of nitrogens with zero attached hydrogens (tertiary/aromatic N) is 2. The summed E-state index contributed by atoms with van der Waals surface area (Å²) in [6.07, 6.45) is 7.09. The van der Waals surface area contributed by atoms with Crippen LogP contribution >= 0.6 is 23.4 Å². The Morgan fingerprint density at radius 3 is 3.06 bits per heavy atom. The molecule has 2 rings (SSSR count). The fourth-order valence-corrected chi connectivity index (χ4v) is 2.97. The van der Waals surface area contributed by atoms with Gasteiger partial charge in [0.2, 0.25) is 5.89 Å². The van der Waals surface area contributed by atoms with Crippen LogP contribution in [0, 0.1) is 0 Å². The molecule has 2 unspecified atom stereocenters. The van der Waals surface area contributed by atoms with E-state index in [-0.39, 0.29) is 5.88 Å². The minimum absolute atomic E-state index is 0.271. The number of rotatable bonds is 4. The van der Waals surface area contributed by atoms with Crippen molar-refractivity contribution in [2.75, 3.05) is 11.6 Å². The van der Waals surface area contributed by atoms with E-state index >= 15 is 0 Å². The SMILES string of the molecule is CSC1CCCC(Nc2nnc(CCl)o2)C1. The Bertz CT molecular complexity index is 334. The van der Waals surface area contributed by atoms with Crippen molar-refractivity contribution in [1.29, 1.82) is 0 Å². The lowest BCUT2D eigenvalue weighted by molar-refractivity contribution is 0.452. The van der Waals surface area contributed by atoms with Crippen LogP contribution in [0.5, 0.6) is 0 Å². The highest BCUT2D eigenvalue weighted by molar-refractivity contribution is 7.99. The Kier molecular flexibility index (Phi) is 4.35. The Labute approximate surface area is 105 Å². The maximum atomic E-state index is 5.60. The molecule has 1 aromatic rings. The zero-order chi connectivity index (χ0) is 11.4. The van der Waals surface area contributed by atoms with Crippen molar-refractivity contribution in [2.24, 2.45) is 0 Å². The molecule has 4 nitrogen and oxygen atoms in total. The van der Waals surface area contributed by atoms with Gasteiger partial charge in [-0.15, -0.1) is 16.7 Å². The summed E-state index contributed by atoms with van der Waals surface area (Å²) in [5.41, 5.74) is 0. The largest absolute Gasteiger partial charge is 0.407 e. The summed E-state index contributed by atoms with van der Waals surface area (Å²) < 4.78 is 5.33. The van der Waals surface area contributed by atoms with Gasteiger partial charge in [0, 0.05) is 11.3 Å². The van der Waals surface area contributed by atoms with Crippen molar-refractivity contribution in [3.05, 3.63) is 5.89 Å². The van der Waals surface area contributed by atoms with Gasteiger partial charge in [0.1, 0.15) is 5.88 Å². The highest BCUT2D eigenvalue weighted by Gasteiger charge is 2.22. The van der Waals surface area contributed by atoms with Crippen molar-refractivity contribution in [3.8, 4) is 0 Å². The van der Waals surface area contributed by atoms with Gasteiger partial charge in [0.05, 0.1) is 0 Å². The molecular weight excluding hydrogens is 246 g/mol. The number of anilines is 1. The molecule has 0 aromatic carbocycles. The number of hydrogen-bond acceptors (Lipinski definition) is 5. The monoisotopic (exact) mass is 261 g/mol. The summed E-state index contributed by atoms with van der Waals surface area (Å²) in [4.78, 5) is 0. The minimum Gasteiger partial charge on any atom is -0.407 e. The van der Waals surface area contributed by atoms with Crippen molar-refractivity contribution < 1.29 is 4.42 Å². The Hall–Kier alpha value is -0.420. The Morgan fingerprint density at radius 2 is 2.38 bits per heavy atom. The fraction of sp³-hybridized carbons (Fsp3) is 0.800. The second-order valence-electron chi connectivity index (χ2n) is 4.00. The molecule has 1 aromatic heterocycles. The van der Waals surface area contributed by atoms with E-state index in [4.69, 9.17) is 16.0 Å². The molecule has 1 aliphatic carbocycles. The van der Waals surface area contributed by atoms with Crippen LogP contribution < -0.4 is 5.32 Å². The van der Waals surface area contributed by atoms with Crippen LogP contribution in [-0.2, 0) is 5.88 Å². The predicted molar refractivity (Wildman–Crippen MR) is 67.0 cm³/mol. The van der Waals surface area contributed by atoms with E-state index in [9.17, 15) is 0 Å². The third-order valence-corrected chi connectivity index (χ3v) is 4.19. The van der Waals surface area contributed by atoms with E-state index in [1.165, 1.54) is 25.7 Å². The van der Waals surface area contributed by atoms with E-state index in [2.05, 4.69) is 21.8 Å². The molecular formula is C10H16ClN3OS. The average Bonchev–Trinajstić information content (AvgIpc) is 2.77. The molecule has 90 valence electrons. The van der Waals surface area contributed by atoms with Crippen LogP contribution in [0.15, 0.2) is 4.42 Å². The van der Waals surface area contributed by atoms with Gasteiger partial charge in [-0.3, -0.25) is 0 Å². The summed E-state index contributed by atoms with van der Waals surface area (Å²) in [5, 5.41) is 11.8. The molecule has 1 fully saturated rings. The van der Waals surface area contributed by atoms with Gasteiger partial charge < -0.3 is 9.73 Å². The van der Waals surface area contributed by atoms with Crippen LogP contribution in [0.1, 0.15) is 31.6 Å². The first kappa shape index (κ1) is 12.0. The van der Waals surface area contributed by atoms with Crippen LogP contribution in [-0.4, -0.2) is 27.7 Å². The molecule has 0 aliphatic heterocycles. The van der Waals surface area contributed by atoms with E-state index < -0.39 is 0 Å². The highest BCUT2D eigenvalue weighted by atomic mass is 35.5. The molecule has 6 heteroatoms. The zero-order valence-electron chi connectivity index (χ0n) is 9.28. The third-order valence-electron chi connectivity index (χ3n) is 2.87. The lowest BCUT2D eigenvalue weighted by Gasteiger charge is -2.27. The van der Waals surface area contributed by atoms with Gasteiger partial charge >= 0.3 is 6.01 Å². The van der Waals surface area contributed by atoms with E-state index in [0.29, 0.717) is 17.9 Å². The van der Waals surface area contributed by atoms with E-state index in [1.54, 1.807) is 0 Å². The van der Waals surface area contributed by atoms with Gasteiger partial charge in [-0.25, -0.2) is 0 Å². The summed E-state index contributed by atoms with van der Waals surface area (Å²) >= 11 is 7.54. The summed E-state index contributed by atoms with van der Waals surface area (Å²) in [6, 6.07) is 0.956. The molecule has 1 N–H and O–H groups in total. The number of thioether (sulfide) groups is 1. The maximum Gasteiger partial charge on any atom is 0.315 e. The zero-order valence-corrected chi connectivity index (χ0v) is 10.9. The average molecular weight is 262 g/mol. The van der Waals surface area contributed by atoms with Gasteiger partial charge in [0.15, 0.2) is 0 Å². The lowest BCUT2D eigenvalue weighted by atomic mass is 9.95. The lowest BCUT2D eigenvalue weighted by Crippen LogP contribution is -2.28. The predicted octanol–water partition coefficient (Wildman–Crippen LogP) is 2.89. The summed E-state index contributed by atoms with van der Waals surface area (Å²) in [7, 11) is 0. The smallest absolute Gasteiger partial charge is 0.315 e. The summed E-state index contributed by atoms with van der Waals surface area (Å²) in [5.74, 6) is 0.744. The van der Waals surface area contributed by atoms with Crippen molar-refractivity contribution in [1.82, 2.24) is 10.2 Å². The third kappa shape index (κ3) is 3.04. The first-order valence-electron chi connectivity index (χ1n) is 5.49. The molecule has 2 atom stereocenters. The van der Waals surface area contributed by atoms with Crippen LogP contribution in [0.2, 0.25) is 0 Å². The Balaban J connectivity index is 1.88. The van der Waals surface area contributed by atoms with Gasteiger partial charge in [-0.1, -0.05) is 11.5 Å². The molecule has 0 bridgehead atoms. The van der Waals surface area contributed by atoms with E-state index in [1.807, 2.05) is 11.8 Å². The van der Waals surface area contributed by atoms with Crippen molar-refractivity contribution >= 4 is 29.4 Å². The highest BCUT2D eigenvalue weighted by Crippen LogP contribution is 2.28. The number of aromatic nitrogens is 2. The van der Waals surface area contributed by atoms with Crippen LogP contribution in [0.4, 0.5) is 6.01 Å². The number of halogens is 1. The maximum absolute atomic E-state index is 5.60. The van der Waals surface area contributed by atoms with Gasteiger partial charge in [0.25, 0.3) is 0 Å². The second-order valence-corrected chi connectivity index (χ2v) is 5.41. The van der Waals surface area contributed by atoms with E-state index in [0.717, 1.165) is 5.25 Å². The quantitative estimate of drug-likeness (QED) is 0.845. The van der Waals surface area contributed by atoms with Gasteiger partial charge in [-0.05, 0) is 25.5 Å².